The van der Waals surface area contributed by atoms with Crippen molar-refractivity contribution < 1.29 is 9.90 Å². The number of aliphatic carboxylic acids is 1. The molecule has 0 bridgehead atoms. The third-order valence-electron chi connectivity index (χ3n) is 3.46. The number of carboxylic acid groups (broad SMARTS) is 1. The van der Waals surface area contributed by atoms with Crippen LogP contribution in [0.1, 0.15) is 31.5 Å². The van der Waals surface area contributed by atoms with Crippen LogP contribution >= 0.6 is 0 Å². The van der Waals surface area contributed by atoms with Crippen molar-refractivity contribution in [2.75, 3.05) is 26.2 Å². The van der Waals surface area contributed by atoms with Gasteiger partial charge in [0.25, 0.3) is 0 Å². The van der Waals surface area contributed by atoms with E-state index in [1.54, 1.807) is 12.5 Å². The van der Waals surface area contributed by atoms with Gasteiger partial charge < -0.3 is 15.0 Å². The predicted octanol–water partition coefficient (Wildman–Crippen LogP) is 0.714. The molecule has 1 unspecified atom stereocenters. The summed E-state index contributed by atoms with van der Waals surface area (Å²) in [4.78, 5) is 17.8. The van der Waals surface area contributed by atoms with Gasteiger partial charge in [-0.05, 0) is 19.4 Å². The summed E-state index contributed by atoms with van der Waals surface area (Å²) in [5.74, 6) is -0.792. The van der Waals surface area contributed by atoms with Crippen LogP contribution in [0, 0.1) is 0 Å². The van der Waals surface area contributed by atoms with Crippen LogP contribution in [0.5, 0.6) is 0 Å². The molecule has 0 aromatic carbocycles. The smallest absolute Gasteiger partial charge is 0.327 e. The third-order valence-corrected chi connectivity index (χ3v) is 3.46. The molecule has 0 saturated carbocycles. The van der Waals surface area contributed by atoms with Gasteiger partial charge in [-0.25, -0.2) is 4.98 Å². The van der Waals surface area contributed by atoms with Crippen LogP contribution in [0.15, 0.2) is 12.5 Å². The minimum atomic E-state index is -0.792. The molecule has 1 aliphatic heterocycles. The van der Waals surface area contributed by atoms with E-state index in [4.69, 9.17) is 0 Å². The van der Waals surface area contributed by atoms with E-state index in [-0.39, 0.29) is 0 Å². The number of aromatic nitrogens is 2. The van der Waals surface area contributed by atoms with E-state index in [1.807, 2.05) is 9.47 Å². The zero-order chi connectivity index (χ0) is 13.7. The van der Waals surface area contributed by atoms with Crippen LogP contribution in [0.25, 0.3) is 0 Å². The van der Waals surface area contributed by atoms with Crippen LogP contribution in [0.2, 0.25) is 0 Å². The van der Waals surface area contributed by atoms with Gasteiger partial charge in [0.15, 0.2) is 6.04 Å². The highest BCUT2D eigenvalue weighted by atomic mass is 16.4. The molecular weight excluding hydrogens is 244 g/mol. The van der Waals surface area contributed by atoms with Gasteiger partial charge in [0.2, 0.25) is 0 Å². The molecule has 2 heterocycles. The van der Waals surface area contributed by atoms with E-state index in [0.29, 0.717) is 0 Å². The summed E-state index contributed by atoms with van der Waals surface area (Å²) in [6.45, 7) is 6.25. The van der Waals surface area contributed by atoms with Gasteiger partial charge in [0.05, 0.1) is 18.2 Å². The summed E-state index contributed by atoms with van der Waals surface area (Å²) >= 11 is 0. The SMILES string of the molecule is CCCn1cncc1C(C(=O)O)N1CCCNCC1. The Morgan fingerprint density at radius 1 is 1.53 bits per heavy atom. The summed E-state index contributed by atoms with van der Waals surface area (Å²) in [5, 5.41) is 12.9. The Kier molecular flexibility index (Phi) is 4.93. The molecule has 2 rings (SSSR count). The van der Waals surface area contributed by atoms with Crippen LogP contribution in [0.3, 0.4) is 0 Å². The molecule has 6 nitrogen and oxygen atoms in total. The van der Waals surface area contributed by atoms with E-state index < -0.39 is 12.0 Å². The molecule has 1 saturated heterocycles. The van der Waals surface area contributed by atoms with Gasteiger partial charge in [-0.2, -0.15) is 0 Å². The Labute approximate surface area is 113 Å². The minimum Gasteiger partial charge on any atom is -0.480 e. The van der Waals surface area contributed by atoms with Crippen molar-refractivity contribution in [2.45, 2.75) is 32.4 Å². The first-order chi connectivity index (χ1) is 9.24. The largest absolute Gasteiger partial charge is 0.480 e. The van der Waals surface area contributed by atoms with E-state index in [2.05, 4.69) is 17.2 Å². The highest BCUT2D eigenvalue weighted by Crippen LogP contribution is 2.22. The van der Waals surface area contributed by atoms with E-state index in [0.717, 1.165) is 51.3 Å². The Hall–Kier alpha value is -1.40. The molecule has 0 spiro atoms. The number of hydrogen-bond donors (Lipinski definition) is 2. The number of rotatable bonds is 5. The second kappa shape index (κ2) is 6.68. The van der Waals surface area contributed by atoms with Crippen molar-refractivity contribution in [2.24, 2.45) is 0 Å². The Balaban J connectivity index is 2.23. The fraction of sp³-hybridized carbons (Fsp3) is 0.692. The number of hydrogen-bond acceptors (Lipinski definition) is 4. The van der Waals surface area contributed by atoms with Crippen LogP contribution in [-0.4, -0.2) is 51.7 Å². The fourth-order valence-electron chi connectivity index (χ4n) is 2.58. The summed E-state index contributed by atoms with van der Waals surface area (Å²) in [6, 6.07) is -0.589. The van der Waals surface area contributed by atoms with Gasteiger partial charge in [-0.1, -0.05) is 6.92 Å². The van der Waals surface area contributed by atoms with Crippen molar-refractivity contribution in [3.05, 3.63) is 18.2 Å². The average molecular weight is 266 g/mol. The fourth-order valence-corrected chi connectivity index (χ4v) is 2.58. The van der Waals surface area contributed by atoms with Crippen molar-refractivity contribution in [1.29, 1.82) is 0 Å². The monoisotopic (exact) mass is 266 g/mol. The lowest BCUT2D eigenvalue weighted by Gasteiger charge is -2.27. The first-order valence-corrected chi connectivity index (χ1v) is 6.91. The summed E-state index contributed by atoms with van der Waals surface area (Å²) in [7, 11) is 0. The summed E-state index contributed by atoms with van der Waals surface area (Å²) in [5.41, 5.74) is 0.788. The van der Waals surface area contributed by atoms with Crippen LogP contribution in [0.4, 0.5) is 0 Å². The average Bonchev–Trinajstić information content (AvgIpc) is 2.65. The van der Waals surface area contributed by atoms with Gasteiger partial charge >= 0.3 is 5.97 Å². The minimum absolute atomic E-state index is 0.589. The molecular formula is C13H22N4O2. The lowest BCUT2D eigenvalue weighted by Crippen LogP contribution is -2.37. The molecule has 1 aliphatic rings. The molecule has 0 radical (unpaired) electrons. The first kappa shape index (κ1) is 14.0. The third kappa shape index (κ3) is 3.33. The van der Waals surface area contributed by atoms with Gasteiger partial charge in [0.1, 0.15) is 0 Å². The van der Waals surface area contributed by atoms with Crippen molar-refractivity contribution in [3.63, 3.8) is 0 Å². The maximum atomic E-state index is 11.7. The maximum absolute atomic E-state index is 11.7. The number of aryl methyl sites for hydroxylation is 1. The van der Waals surface area contributed by atoms with Crippen molar-refractivity contribution in [1.82, 2.24) is 19.8 Å². The standard InChI is InChI=1S/C13H22N4O2/c1-2-6-17-10-15-9-11(17)12(13(18)19)16-7-3-4-14-5-8-16/h9-10,12,14H,2-8H2,1H3,(H,18,19). The topological polar surface area (TPSA) is 70.4 Å². The number of nitrogens with zero attached hydrogens (tertiary/aromatic N) is 3. The van der Waals surface area contributed by atoms with Crippen LogP contribution in [-0.2, 0) is 11.3 Å². The van der Waals surface area contributed by atoms with E-state index in [1.165, 1.54) is 0 Å². The molecule has 2 N–H and O–H groups in total. The maximum Gasteiger partial charge on any atom is 0.327 e. The molecule has 19 heavy (non-hydrogen) atoms. The Morgan fingerprint density at radius 2 is 2.37 bits per heavy atom. The molecule has 106 valence electrons. The molecule has 0 aliphatic carbocycles. The van der Waals surface area contributed by atoms with Crippen molar-refractivity contribution in [3.8, 4) is 0 Å². The quantitative estimate of drug-likeness (QED) is 0.821. The predicted molar refractivity (Wildman–Crippen MR) is 72.0 cm³/mol. The van der Waals surface area contributed by atoms with E-state index in [9.17, 15) is 9.90 Å². The zero-order valence-corrected chi connectivity index (χ0v) is 11.4. The normalized spacial score (nSPS) is 19.0. The second-order valence-corrected chi connectivity index (χ2v) is 4.89. The number of nitrogens with one attached hydrogen (secondary N) is 1. The number of carboxylic acids is 1. The summed E-state index contributed by atoms with van der Waals surface area (Å²) in [6.07, 6.45) is 5.36. The van der Waals surface area contributed by atoms with Crippen molar-refractivity contribution >= 4 is 5.97 Å². The molecule has 1 atom stereocenters. The molecule has 1 fully saturated rings. The highest BCUT2D eigenvalue weighted by Gasteiger charge is 2.30. The van der Waals surface area contributed by atoms with Gasteiger partial charge in [-0.15, -0.1) is 0 Å². The lowest BCUT2D eigenvalue weighted by atomic mass is 10.1. The van der Waals surface area contributed by atoms with Crippen LogP contribution < -0.4 is 5.32 Å². The Bertz CT molecular complexity index is 411. The number of carbonyl (C=O) groups is 1. The highest BCUT2D eigenvalue weighted by molar-refractivity contribution is 5.74. The lowest BCUT2D eigenvalue weighted by molar-refractivity contribution is -0.143. The molecule has 6 heteroatoms. The summed E-state index contributed by atoms with van der Waals surface area (Å²) < 4.78 is 1.96. The first-order valence-electron chi connectivity index (χ1n) is 6.91. The second-order valence-electron chi connectivity index (χ2n) is 4.89. The zero-order valence-electron chi connectivity index (χ0n) is 11.4. The van der Waals surface area contributed by atoms with Gasteiger partial charge in [-0.3, -0.25) is 9.69 Å². The molecule has 1 aromatic heterocycles. The van der Waals surface area contributed by atoms with Gasteiger partial charge in [0, 0.05) is 26.2 Å². The molecule has 0 amide bonds. The van der Waals surface area contributed by atoms with E-state index >= 15 is 0 Å². The Morgan fingerprint density at radius 3 is 3.11 bits per heavy atom. The molecule has 1 aromatic rings. The number of imidazole rings is 1.